The topological polar surface area (TPSA) is 84.5 Å². The van der Waals surface area contributed by atoms with Crippen molar-refractivity contribution in [3.63, 3.8) is 0 Å². The smallest absolute Gasteiger partial charge is 0.274 e. The third kappa shape index (κ3) is 3.40. The van der Waals surface area contributed by atoms with Gasteiger partial charge in [0.25, 0.3) is 5.91 Å². The Morgan fingerprint density at radius 2 is 2.07 bits per heavy atom. The molecule has 5 rings (SSSR count). The number of aromatic amines is 1. The minimum absolute atomic E-state index is 0.0297. The fourth-order valence-corrected chi connectivity index (χ4v) is 4.50. The predicted molar refractivity (Wildman–Crippen MR) is 107 cm³/mol. The molecule has 2 aliphatic rings. The number of nitrogens with one attached hydrogen (secondary N) is 1. The lowest BCUT2D eigenvalue weighted by molar-refractivity contribution is 0.0632. The van der Waals surface area contributed by atoms with Gasteiger partial charge >= 0.3 is 0 Å². The van der Waals surface area contributed by atoms with Crippen LogP contribution >= 0.6 is 11.3 Å². The third-order valence-electron chi connectivity index (χ3n) is 5.32. The summed E-state index contributed by atoms with van der Waals surface area (Å²) in [6.45, 7) is 1.20. The van der Waals surface area contributed by atoms with E-state index < -0.39 is 0 Å². The van der Waals surface area contributed by atoms with Crippen LogP contribution in [0.1, 0.15) is 33.7 Å². The Labute approximate surface area is 171 Å². The van der Waals surface area contributed by atoms with Crippen molar-refractivity contribution in [1.29, 1.82) is 0 Å². The minimum Gasteiger partial charge on any atom is -0.454 e. The van der Waals surface area contributed by atoms with Gasteiger partial charge in [0.1, 0.15) is 0 Å². The van der Waals surface area contributed by atoms with Gasteiger partial charge < -0.3 is 14.4 Å². The standard InChI is InChI=1S/C21H19N3O4S/c25-20(13-5-6-17-18(9-13)28-12-27-17)14-3-1-7-24(11-14)21(26)16-10-15(22-23-16)19-4-2-8-29-19/h2,4-6,8-10,14H,1,3,7,11-12H2,(H,22,23)/t14-/m0/s1. The summed E-state index contributed by atoms with van der Waals surface area (Å²) in [5, 5.41) is 9.10. The largest absolute Gasteiger partial charge is 0.454 e. The quantitative estimate of drug-likeness (QED) is 0.666. The highest BCUT2D eigenvalue weighted by Gasteiger charge is 2.31. The number of likely N-dealkylation sites (tertiary alicyclic amines) is 1. The number of Topliss-reactive ketones (excluding diaryl/α,β-unsaturated/α-hetero) is 1. The van der Waals surface area contributed by atoms with Gasteiger partial charge in [-0.1, -0.05) is 6.07 Å². The molecule has 1 amide bonds. The number of nitrogens with zero attached hydrogens (tertiary/aromatic N) is 2. The second-order valence-corrected chi connectivity index (χ2v) is 8.11. The molecule has 1 aromatic carbocycles. The van der Waals surface area contributed by atoms with E-state index in [0.717, 1.165) is 23.4 Å². The Bertz CT molecular complexity index is 1060. The summed E-state index contributed by atoms with van der Waals surface area (Å²) in [6, 6.07) is 11.0. The zero-order valence-corrected chi connectivity index (χ0v) is 16.4. The molecule has 3 aromatic rings. The number of ether oxygens (including phenoxy) is 2. The van der Waals surface area contributed by atoms with Crippen molar-refractivity contribution in [3.8, 4) is 22.1 Å². The molecule has 0 saturated carbocycles. The molecule has 0 spiro atoms. The number of thiophene rings is 1. The summed E-state index contributed by atoms with van der Waals surface area (Å²) >= 11 is 1.59. The molecule has 7 nitrogen and oxygen atoms in total. The van der Waals surface area contributed by atoms with Gasteiger partial charge in [0, 0.05) is 24.6 Å². The van der Waals surface area contributed by atoms with Crippen molar-refractivity contribution in [2.75, 3.05) is 19.9 Å². The highest BCUT2D eigenvalue weighted by atomic mass is 32.1. The minimum atomic E-state index is -0.233. The molecule has 2 aliphatic heterocycles. The average molecular weight is 409 g/mol. The molecular weight excluding hydrogens is 390 g/mol. The van der Waals surface area contributed by atoms with Crippen LogP contribution in [0.5, 0.6) is 11.5 Å². The molecule has 4 heterocycles. The Morgan fingerprint density at radius 3 is 2.93 bits per heavy atom. The number of aromatic nitrogens is 2. The normalized spacial score (nSPS) is 18.1. The number of H-pyrrole nitrogens is 1. The fourth-order valence-electron chi connectivity index (χ4n) is 3.81. The van der Waals surface area contributed by atoms with Gasteiger partial charge in [-0.15, -0.1) is 11.3 Å². The number of carbonyl (C=O) groups is 2. The number of fused-ring (bicyclic) bond motifs is 1. The van der Waals surface area contributed by atoms with Gasteiger partial charge in [-0.05, 0) is 48.6 Å². The highest BCUT2D eigenvalue weighted by Crippen LogP contribution is 2.34. The monoisotopic (exact) mass is 409 g/mol. The molecule has 0 bridgehead atoms. The number of ketones is 1. The molecule has 1 fully saturated rings. The van der Waals surface area contributed by atoms with Crippen LogP contribution < -0.4 is 9.47 Å². The number of rotatable bonds is 4. The van der Waals surface area contributed by atoms with E-state index in [-0.39, 0.29) is 24.4 Å². The van der Waals surface area contributed by atoms with Crippen molar-refractivity contribution < 1.29 is 19.1 Å². The van der Waals surface area contributed by atoms with Crippen molar-refractivity contribution in [3.05, 3.63) is 53.0 Å². The molecule has 8 heteroatoms. The fraction of sp³-hybridized carbons (Fsp3) is 0.286. The SMILES string of the molecule is O=C(c1ccc2c(c1)OCO2)[C@H]1CCCN(C(=O)c2cc(-c3cccs3)[nH]n2)C1. The van der Waals surface area contributed by atoms with E-state index in [0.29, 0.717) is 35.8 Å². The van der Waals surface area contributed by atoms with E-state index in [2.05, 4.69) is 10.2 Å². The number of piperidine rings is 1. The van der Waals surface area contributed by atoms with Crippen LogP contribution in [0, 0.1) is 5.92 Å². The number of benzene rings is 1. The number of hydrogen-bond donors (Lipinski definition) is 1. The van der Waals surface area contributed by atoms with E-state index in [4.69, 9.17) is 9.47 Å². The maximum Gasteiger partial charge on any atom is 0.274 e. The molecule has 29 heavy (non-hydrogen) atoms. The van der Waals surface area contributed by atoms with Gasteiger partial charge in [-0.2, -0.15) is 5.10 Å². The Balaban J connectivity index is 1.30. The molecule has 0 radical (unpaired) electrons. The van der Waals surface area contributed by atoms with Gasteiger partial charge in [0.05, 0.1) is 10.6 Å². The zero-order chi connectivity index (χ0) is 19.8. The van der Waals surface area contributed by atoms with Gasteiger partial charge in [-0.25, -0.2) is 0 Å². The Kier molecular flexibility index (Phi) is 4.55. The van der Waals surface area contributed by atoms with Crippen LogP contribution in [0.25, 0.3) is 10.6 Å². The van der Waals surface area contributed by atoms with E-state index >= 15 is 0 Å². The molecule has 1 N–H and O–H groups in total. The summed E-state index contributed by atoms with van der Waals surface area (Å²) in [6.07, 6.45) is 1.55. The second-order valence-electron chi connectivity index (χ2n) is 7.17. The molecule has 0 unspecified atom stereocenters. The van der Waals surface area contributed by atoms with Crippen LogP contribution in [0.15, 0.2) is 41.8 Å². The second kappa shape index (κ2) is 7.36. The number of amides is 1. The first kappa shape index (κ1) is 17.9. The van der Waals surface area contributed by atoms with E-state index in [1.807, 2.05) is 17.5 Å². The van der Waals surface area contributed by atoms with Crippen LogP contribution in [-0.4, -0.2) is 46.7 Å². The lowest BCUT2D eigenvalue weighted by Gasteiger charge is -2.31. The molecule has 0 aliphatic carbocycles. The maximum absolute atomic E-state index is 13.0. The van der Waals surface area contributed by atoms with Crippen molar-refractivity contribution in [2.45, 2.75) is 12.8 Å². The van der Waals surface area contributed by atoms with E-state index in [1.54, 1.807) is 40.5 Å². The van der Waals surface area contributed by atoms with Crippen LogP contribution in [0.3, 0.4) is 0 Å². The highest BCUT2D eigenvalue weighted by molar-refractivity contribution is 7.13. The number of hydrogen-bond acceptors (Lipinski definition) is 6. The zero-order valence-electron chi connectivity index (χ0n) is 15.6. The van der Waals surface area contributed by atoms with Gasteiger partial charge in [0.2, 0.25) is 6.79 Å². The lowest BCUT2D eigenvalue weighted by atomic mass is 9.89. The summed E-state index contributed by atoms with van der Waals surface area (Å²) < 4.78 is 10.7. The van der Waals surface area contributed by atoms with E-state index in [9.17, 15) is 9.59 Å². The van der Waals surface area contributed by atoms with Crippen LogP contribution in [0.4, 0.5) is 0 Å². The first-order chi connectivity index (χ1) is 14.2. The third-order valence-corrected chi connectivity index (χ3v) is 6.22. The molecule has 148 valence electrons. The summed E-state index contributed by atoms with van der Waals surface area (Å²) in [7, 11) is 0. The first-order valence-corrected chi connectivity index (χ1v) is 10.4. The Hall–Kier alpha value is -3.13. The van der Waals surface area contributed by atoms with Crippen LogP contribution in [-0.2, 0) is 0 Å². The van der Waals surface area contributed by atoms with Gasteiger partial charge in [0.15, 0.2) is 23.0 Å². The number of carbonyl (C=O) groups excluding carboxylic acids is 2. The van der Waals surface area contributed by atoms with Crippen molar-refractivity contribution in [2.24, 2.45) is 5.92 Å². The predicted octanol–water partition coefficient (Wildman–Crippen LogP) is 3.60. The molecule has 1 atom stereocenters. The van der Waals surface area contributed by atoms with Crippen molar-refractivity contribution in [1.82, 2.24) is 15.1 Å². The molecular formula is C21H19N3O4S. The first-order valence-electron chi connectivity index (χ1n) is 9.51. The van der Waals surface area contributed by atoms with E-state index in [1.165, 1.54) is 0 Å². The lowest BCUT2D eigenvalue weighted by Crippen LogP contribution is -2.42. The molecule has 1 saturated heterocycles. The van der Waals surface area contributed by atoms with Gasteiger partial charge in [-0.3, -0.25) is 14.7 Å². The van der Waals surface area contributed by atoms with Crippen LogP contribution in [0.2, 0.25) is 0 Å². The summed E-state index contributed by atoms with van der Waals surface area (Å²) in [4.78, 5) is 28.7. The van der Waals surface area contributed by atoms with Crippen molar-refractivity contribution >= 4 is 23.0 Å². The summed E-state index contributed by atoms with van der Waals surface area (Å²) in [5.74, 6) is 0.900. The maximum atomic E-state index is 13.0. The average Bonchev–Trinajstić information content (AvgIpc) is 3.53. The summed E-state index contributed by atoms with van der Waals surface area (Å²) in [5.41, 5.74) is 1.80. The molecule has 2 aromatic heterocycles. The Morgan fingerprint density at radius 1 is 1.17 bits per heavy atom.